The average Bonchev–Trinajstić information content (AvgIpc) is 3.82. The summed E-state index contributed by atoms with van der Waals surface area (Å²) in [5.74, 6) is 1.79. The zero-order valence-electron chi connectivity index (χ0n) is 35.1. The van der Waals surface area contributed by atoms with Crippen LogP contribution in [0.3, 0.4) is 0 Å². The molecule has 5 heteroatoms. The minimum absolute atomic E-state index is 0.169. The predicted molar refractivity (Wildman–Crippen MR) is 244 cm³/mol. The Balaban J connectivity index is 1.25. The van der Waals surface area contributed by atoms with Gasteiger partial charge in [-0.3, -0.25) is 4.57 Å². The van der Waals surface area contributed by atoms with Gasteiger partial charge in [-0.2, -0.15) is 0 Å². The second-order valence-corrected chi connectivity index (χ2v) is 17.8. The summed E-state index contributed by atoms with van der Waals surface area (Å²) in [5, 5.41) is 13.3. The van der Waals surface area contributed by atoms with Crippen LogP contribution in [0.25, 0.3) is 84.0 Å². The van der Waals surface area contributed by atoms with Crippen molar-refractivity contribution in [2.75, 3.05) is 0 Å². The highest BCUT2D eigenvalue weighted by Crippen LogP contribution is 2.45. The molecule has 292 valence electrons. The second-order valence-electron chi connectivity index (χ2n) is 17.8. The standard InChI is InChI=1S/C54H49N3O2/c1-33-17-14-18-34(2)49(33)48-30-37-29-36(27-28-47(37)59-48)43-23-16-24-44(55-43)40-22-15-26-46-50(40)56-52(41-31-38(53(3,4)5)32-42(51(41)58)54(6,7)8)57(46)45-25-13-12-21-39(45)35-19-10-9-11-20-35/h9-32,58H,1-8H3. The summed E-state index contributed by atoms with van der Waals surface area (Å²) in [6, 6.07) is 50.4. The SMILES string of the molecule is Cc1cccc(C)c1-c1cc2cc(-c3cccc(-c4cccc5c4nc(-c4cc(C(C)(C)C)cc(C(C)(C)C)c4O)n5-c4ccccc4-c4ccccc4)n3)ccc2o1. The number of rotatable bonds is 6. The molecule has 0 unspecified atom stereocenters. The van der Waals surface area contributed by atoms with Crippen LogP contribution in [-0.2, 0) is 10.8 Å². The minimum atomic E-state index is -0.311. The molecule has 0 aliphatic rings. The molecule has 0 saturated carbocycles. The highest BCUT2D eigenvalue weighted by atomic mass is 16.3. The first kappa shape index (κ1) is 37.8. The smallest absolute Gasteiger partial charge is 0.149 e. The number of pyridine rings is 1. The maximum absolute atomic E-state index is 12.3. The lowest BCUT2D eigenvalue weighted by Crippen LogP contribution is -2.17. The van der Waals surface area contributed by atoms with Crippen LogP contribution in [0.2, 0.25) is 0 Å². The Morgan fingerprint density at radius 3 is 1.98 bits per heavy atom. The van der Waals surface area contributed by atoms with Crippen molar-refractivity contribution >= 4 is 22.0 Å². The van der Waals surface area contributed by atoms with Crippen molar-refractivity contribution in [3.8, 4) is 67.8 Å². The molecule has 0 aliphatic carbocycles. The van der Waals surface area contributed by atoms with Crippen LogP contribution in [0.4, 0.5) is 0 Å². The summed E-state index contributed by atoms with van der Waals surface area (Å²) in [5.41, 5.74) is 15.0. The average molecular weight is 772 g/mol. The molecule has 6 aromatic carbocycles. The third-order valence-corrected chi connectivity index (χ3v) is 11.5. The summed E-state index contributed by atoms with van der Waals surface area (Å²) in [6.07, 6.45) is 0. The van der Waals surface area contributed by atoms with Crippen molar-refractivity contribution in [3.63, 3.8) is 0 Å². The third kappa shape index (κ3) is 6.80. The molecule has 5 nitrogen and oxygen atoms in total. The van der Waals surface area contributed by atoms with E-state index in [1.165, 1.54) is 11.1 Å². The van der Waals surface area contributed by atoms with Crippen LogP contribution in [0.5, 0.6) is 5.75 Å². The summed E-state index contributed by atoms with van der Waals surface area (Å²) in [4.78, 5) is 10.8. The number of aryl methyl sites for hydroxylation is 2. The van der Waals surface area contributed by atoms with Gasteiger partial charge in [0.2, 0.25) is 0 Å². The van der Waals surface area contributed by atoms with Gasteiger partial charge in [0, 0.05) is 33.2 Å². The van der Waals surface area contributed by atoms with E-state index in [0.29, 0.717) is 11.4 Å². The fraction of sp³-hybridized carbons (Fsp3) is 0.185. The topological polar surface area (TPSA) is 64.1 Å². The van der Waals surface area contributed by atoms with E-state index in [0.717, 1.165) is 83.8 Å². The fourth-order valence-electron chi connectivity index (χ4n) is 8.35. The van der Waals surface area contributed by atoms with Gasteiger partial charge in [-0.25, -0.2) is 9.97 Å². The first-order valence-electron chi connectivity index (χ1n) is 20.4. The lowest BCUT2D eigenvalue weighted by atomic mass is 9.79. The number of nitrogens with zero attached hydrogens (tertiary/aromatic N) is 3. The van der Waals surface area contributed by atoms with E-state index < -0.39 is 0 Å². The molecule has 0 amide bonds. The quantitative estimate of drug-likeness (QED) is 0.183. The van der Waals surface area contributed by atoms with E-state index in [1.54, 1.807) is 0 Å². The van der Waals surface area contributed by atoms with Gasteiger partial charge in [0.1, 0.15) is 22.9 Å². The number of imidazole rings is 1. The van der Waals surface area contributed by atoms with E-state index in [2.05, 4.69) is 193 Å². The van der Waals surface area contributed by atoms with Gasteiger partial charge < -0.3 is 9.52 Å². The highest BCUT2D eigenvalue weighted by Gasteiger charge is 2.29. The van der Waals surface area contributed by atoms with Gasteiger partial charge in [0.05, 0.1) is 33.7 Å². The molecule has 0 bridgehead atoms. The lowest BCUT2D eigenvalue weighted by Gasteiger charge is -2.27. The molecule has 3 heterocycles. The van der Waals surface area contributed by atoms with Crippen molar-refractivity contribution in [3.05, 3.63) is 168 Å². The predicted octanol–water partition coefficient (Wildman–Crippen LogP) is 14.4. The number of para-hydroxylation sites is 2. The van der Waals surface area contributed by atoms with E-state index in [4.69, 9.17) is 14.4 Å². The molecule has 9 rings (SSSR count). The van der Waals surface area contributed by atoms with Crippen LogP contribution in [0, 0.1) is 13.8 Å². The van der Waals surface area contributed by atoms with Gasteiger partial charge in [-0.1, -0.05) is 133 Å². The fourth-order valence-corrected chi connectivity index (χ4v) is 8.35. The Hall–Kier alpha value is -6.72. The Morgan fingerprint density at radius 2 is 1.24 bits per heavy atom. The highest BCUT2D eigenvalue weighted by molar-refractivity contribution is 5.97. The molecule has 0 saturated heterocycles. The molecule has 0 fully saturated rings. The number of hydrogen-bond acceptors (Lipinski definition) is 4. The van der Waals surface area contributed by atoms with Crippen LogP contribution < -0.4 is 0 Å². The van der Waals surface area contributed by atoms with E-state index >= 15 is 0 Å². The molecule has 3 aromatic heterocycles. The van der Waals surface area contributed by atoms with Crippen molar-refractivity contribution in [1.82, 2.24) is 14.5 Å². The number of aromatic hydroxyl groups is 1. The van der Waals surface area contributed by atoms with Crippen LogP contribution in [-0.4, -0.2) is 19.6 Å². The van der Waals surface area contributed by atoms with Gasteiger partial charge in [-0.05, 0) is 102 Å². The number of phenols is 1. The zero-order chi connectivity index (χ0) is 41.2. The molecule has 0 atom stereocenters. The van der Waals surface area contributed by atoms with Crippen LogP contribution in [0.15, 0.2) is 150 Å². The molecule has 0 aliphatic heterocycles. The van der Waals surface area contributed by atoms with Crippen LogP contribution in [0.1, 0.15) is 63.8 Å². The lowest BCUT2D eigenvalue weighted by molar-refractivity contribution is 0.446. The number of aromatic nitrogens is 3. The summed E-state index contributed by atoms with van der Waals surface area (Å²) < 4.78 is 8.60. The van der Waals surface area contributed by atoms with Crippen molar-refractivity contribution in [2.45, 2.75) is 66.2 Å². The van der Waals surface area contributed by atoms with Crippen molar-refractivity contribution in [2.24, 2.45) is 0 Å². The number of hydrogen-bond donors (Lipinski definition) is 1. The molecule has 59 heavy (non-hydrogen) atoms. The van der Waals surface area contributed by atoms with E-state index in [-0.39, 0.29) is 16.6 Å². The summed E-state index contributed by atoms with van der Waals surface area (Å²) >= 11 is 0. The van der Waals surface area contributed by atoms with Crippen molar-refractivity contribution in [1.29, 1.82) is 0 Å². The van der Waals surface area contributed by atoms with E-state index in [1.807, 2.05) is 12.1 Å². The second kappa shape index (κ2) is 14.3. The number of furan rings is 1. The van der Waals surface area contributed by atoms with Gasteiger partial charge in [0.15, 0.2) is 0 Å². The van der Waals surface area contributed by atoms with Gasteiger partial charge in [-0.15, -0.1) is 0 Å². The monoisotopic (exact) mass is 771 g/mol. The Bertz CT molecular complexity index is 3020. The number of phenolic OH excluding ortho intramolecular Hbond substituents is 1. The van der Waals surface area contributed by atoms with Crippen molar-refractivity contribution < 1.29 is 9.52 Å². The minimum Gasteiger partial charge on any atom is -0.507 e. The normalized spacial score (nSPS) is 12.1. The largest absolute Gasteiger partial charge is 0.507 e. The third-order valence-electron chi connectivity index (χ3n) is 11.5. The Kier molecular flexibility index (Phi) is 9.16. The first-order chi connectivity index (χ1) is 28.3. The maximum atomic E-state index is 12.3. The van der Waals surface area contributed by atoms with Gasteiger partial charge >= 0.3 is 0 Å². The molecular weight excluding hydrogens is 723 g/mol. The summed E-state index contributed by atoms with van der Waals surface area (Å²) in [7, 11) is 0. The molecule has 0 radical (unpaired) electrons. The first-order valence-corrected chi connectivity index (χ1v) is 20.4. The molecule has 9 aromatic rings. The maximum Gasteiger partial charge on any atom is 0.149 e. The van der Waals surface area contributed by atoms with Gasteiger partial charge in [0.25, 0.3) is 0 Å². The number of benzene rings is 6. The number of fused-ring (bicyclic) bond motifs is 2. The molecule has 0 spiro atoms. The van der Waals surface area contributed by atoms with Crippen LogP contribution >= 0.6 is 0 Å². The van der Waals surface area contributed by atoms with E-state index in [9.17, 15) is 5.11 Å². The summed E-state index contributed by atoms with van der Waals surface area (Å²) in [6.45, 7) is 17.3. The Morgan fingerprint density at radius 1 is 0.559 bits per heavy atom. The Labute approximate surface area is 346 Å². The molecular formula is C54H49N3O2. The zero-order valence-corrected chi connectivity index (χ0v) is 35.1. The molecule has 1 N–H and O–H groups in total.